The van der Waals surface area contributed by atoms with E-state index < -0.39 is 0 Å². The Balaban J connectivity index is 2.76. The van der Waals surface area contributed by atoms with E-state index in [4.69, 9.17) is 17.0 Å². The Hall–Kier alpha value is -0.260. The summed E-state index contributed by atoms with van der Waals surface area (Å²) in [5, 5.41) is 0. The van der Waals surface area contributed by atoms with Crippen molar-refractivity contribution in [3.8, 4) is 0 Å². The molecule has 0 atom stereocenters. The monoisotopic (exact) mass is 248 g/mol. The largest absolute Gasteiger partial charge is 0.374 e. The Morgan fingerprint density at radius 1 is 1.75 bits per heavy atom. The second-order valence-corrected chi connectivity index (χ2v) is 3.41. The van der Waals surface area contributed by atoms with Crippen LogP contribution in [0.3, 0.4) is 0 Å². The van der Waals surface area contributed by atoms with E-state index in [1.165, 1.54) is 0 Å². The summed E-state index contributed by atoms with van der Waals surface area (Å²) in [7, 11) is 0. The molecule has 12 heavy (non-hydrogen) atoms. The lowest BCUT2D eigenvalue weighted by molar-refractivity contribution is 0.128. The van der Waals surface area contributed by atoms with Gasteiger partial charge in [-0.2, -0.15) is 0 Å². The smallest absolute Gasteiger partial charge is 0.133 e. The van der Waals surface area contributed by atoms with Crippen molar-refractivity contribution in [1.29, 1.82) is 0 Å². The molecule has 0 aliphatic rings. The molecule has 1 rings (SSSR count). The van der Waals surface area contributed by atoms with Gasteiger partial charge in [0.05, 0.1) is 4.47 Å². The van der Waals surface area contributed by atoms with Crippen LogP contribution in [0.5, 0.6) is 0 Å². The van der Waals surface area contributed by atoms with Crippen LogP contribution in [0, 0.1) is 4.64 Å². The molecule has 1 heterocycles. The number of H-pyrrole nitrogens is 1. The van der Waals surface area contributed by atoms with E-state index in [1.807, 2.05) is 6.92 Å². The van der Waals surface area contributed by atoms with Gasteiger partial charge in [-0.05, 0) is 22.9 Å². The number of halogens is 1. The second-order valence-electron chi connectivity index (χ2n) is 2.14. The van der Waals surface area contributed by atoms with Crippen LogP contribution >= 0.6 is 28.1 Å². The molecule has 3 nitrogen and oxygen atoms in total. The highest BCUT2D eigenvalue weighted by Crippen LogP contribution is 2.08. The number of hydrogen-bond acceptors (Lipinski definition) is 3. The van der Waals surface area contributed by atoms with E-state index in [0.717, 1.165) is 10.3 Å². The Morgan fingerprint density at radius 3 is 3.08 bits per heavy atom. The zero-order valence-corrected chi connectivity index (χ0v) is 9.04. The summed E-state index contributed by atoms with van der Waals surface area (Å²) in [6.45, 7) is 3.10. The summed E-state index contributed by atoms with van der Waals surface area (Å²) in [5.74, 6) is 0.755. The summed E-state index contributed by atoms with van der Waals surface area (Å²) in [4.78, 5) is 7.02. The minimum Gasteiger partial charge on any atom is -0.374 e. The lowest BCUT2D eigenvalue weighted by atomic mass is 10.6. The standard InChI is InChI=1S/C7H9BrN2OS/c1-2-11-4-6-9-3-5(8)7(12)10-6/h3H,2,4H2,1H3,(H,9,10,12). The summed E-state index contributed by atoms with van der Waals surface area (Å²) in [5.41, 5.74) is 0. The summed E-state index contributed by atoms with van der Waals surface area (Å²) in [6.07, 6.45) is 1.67. The molecule has 0 amide bonds. The molecular weight excluding hydrogens is 240 g/mol. The van der Waals surface area contributed by atoms with Gasteiger partial charge in [0.1, 0.15) is 17.1 Å². The maximum absolute atomic E-state index is 5.16. The van der Waals surface area contributed by atoms with E-state index in [-0.39, 0.29) is 0 Å². The van der Waals surface area contributed by atoms with Crippen LogP contribution in [-0.4, -0.2) is 16.6 Å². The third kappa shape index (κ3) is 2.66. The maximum atomic E-state index is 5.16. The van der Waals surface area contributed by atoms with Gasteiger partial charge >= 0.3 is 0 Å². The molecule has 5 heteroatoms. The number of nitrogens with zero attached hydrogens (tertiary/aromatic N) is 1. The van der Waals surface area contributed by atoms with Crippen LogP contribution in [0.2, 0.25) is 0 Å². The molecule has 0 saturated carbocycles. The van der Waals surface area contributed by atoms with E-state index >= 15 is 0 Å². The average molecular weight is 249 g/mol. The number of aromatic amines is 1. The van der Waals surface area contributed by atoms with Crippen LogP contribution in [0.1, 0.15) is 12.7 Å². The quantitative estimate of drug-likeness (QED) is 0.836. The third-order valence-electron chi connectivity index (χ3n) is 1.25. The van der Waals surface area contributed by atoms with Gasteiger partial charge < -0.3 is 9.72 Å². The van der Waals surface area contributed by atoms with E-state index in [1.54, 1.807) is 6.20 Å². The first-order chi connectivity index (χ1) is 5.74. The molecule has 0 aliphatic carbocycles. The Bertz CT molecular complexity index is 313. The van der Waals surface area contributed by atoms with Gasteiger partial charge in [-0.15, -0.1) is 0 Å². The van der Waals surface area contributed by atoms with Crippen molar-refractivity contribution in [3.05, 3.63) is 21.1 Å². The van der Waals surface area contributed by atoms with Crippen molar-refractivity contribution in [2.24, 2.45) is 0 Å². The SMILES string of the molecule is CCOCc1ncc(Br)c(=S)[nH]1. The summed E-state index contributed by atoms with van der Waals surface area (Å²) >= 11 is 8.25. The number of ether oxygens (including phenoxy) is 1. The molecule has 0 bridgehead atoms. The van der Waals surface area contributed by atoms with Gasteiger partial charge in [-0.3, -0.25) is 0 Å². The Labute approximate surface area is 84.3 Å². The molecule has 0 spiro atoms. The first kappa shape index (κ1) is 9.83. The molecule has 1 N–H and O–H groups in total. The van der Waals surface area contributed by atoms with Crippen LogP contribution in [-0.2, 0) is 11.3 Å². The van der Waals surface area contributed by atoms with E-state index in [9.17, 15) is 0 Å². The second kappa shape index (κ2) is 4.69. The van der Waals surface area contributed by atoms with Gasteiger partial charge in [-0.1, -0.05) is 12.2 Å². The fraction of sp³-hybridized carbons (Fsp3) is 0.429. The zero-order chi connectivity index (χ0) is 8.97. The van der Waals surface area contributed by atoms with Crippen molar-refractivity contribution in [2.75, 3.05) is 6.61 Å². The normalized spacial score (nSPS) is 10.2. The topological polar surface area (TPSA) is 37.9 Å². The summed E-state index contributed by atoms with van der Waals surface area (Å²) < 4.78 is 6.62. The minimum atomic E-state index is 0.480. The van der Waals surface area contributed by atoms with Gasteiger partial charge in [0.2, 0.25) is 0 Å². The van der Waals surface area contributed by atoms with Crippen LogP contribution < -0.4 is 0 Å². The van der Waals surface area contributed by atoms with Gasteiger partial charge in [-0.25, -0.2) is 4.98 Å². The average Bonchev–Trinajstić information content (AvgIpc) is 2.07. The van der Waals surface area contributed by atoms with Crippen molar-refractivity contribution in [3.63, 3.8) is 0 Å². The van der Waals surface area contributed by atoms with Crippen molar-refractivity contribution in [1.82, 2.24) is 9.97 Å². The van der Waals surface area contributed by atoms with Crippen molar-refractivity contribution >= 4 is 28.1 Å². The van der Waals surface area contributed by atoms with Gasteiger partial charge in [0, 0.05) is 12.8 Å². The number of nitrogens with one attached hydrogen (secondary N) is 1. The molecule has 1 aromatic rings. The predicted octanol–water partition coefficient (Wildman–Crippen LogP) is 2.44. The third-order valence-corrected chi connectivity index (χ3v) is 2.44. The summed E-state index contributed by atoms with van der Waals surface area (Å²) in [6, 6.07) is 0. The molecule has 66 valence electrons. The Morgan fingerprint density at radius 2 is 2.50 bits per heavy atom. The lowest BCUT2D eigenvalue weighted by Gasteiger charge is -2.00. The van der Waals surface area contributed by atoms with Crippen molar-refractivity contribution in [2.45, 2.75) is 13.5 Å². The van der Waals surface area contributed by atoms with E-state index in [2.05, 4.69) is 25.9 Å². The Kier molecular flexibility index (Phi) is 3.84. The van der Waals surface area contributed by atoms with Crippen LogP contribution in [0.25, 0.3) is 0 Å². The molecule has 0 aromatic carbocycles. The van der Waals surface area contributed by atoms with Crippen LogP contribution in [0.15, 0.2) is 10.7 Å². The highest BCUT2D eigenvalue weighted by molar-refractivity contribution is 9.10. The molecule has 0 aliphatic heterocycles. The highest BCUT2D eigenvalue weighted by atomic mass is 79.9. The molecule has 0 radical (unpaired) electrons. The molecule has 0 unspecified atom stereocenters. The molecule has 1 aromatic heterocycles. The minimum absolute atomic E-state index is 0.480. The highest BCUT2D eigenvalue weighted by Gasteiger charge is 1.95. The molecule has 0 fully saturated rings. The van der Waals surface area contributed by atoms with E-state index in [0.29, 0.717) is 17.9 Å². The number of hydrogen-bond donors (Lipinski definition) is 1. The first-order valence-electron chi connectivity index (χ1n) is 3.55. The maximum Gasteiger partial charge on any atom is 0.133 e. The fourth-order valence-electron chi connectivity index (χ4n) is 0.688. The number of rotatable bonds is 3. The molecular formula is C7H9BrN2OS. The number of aromatic nitrogens is 2. The zero-order valence-electron chi connectivity index (χ0n) is 6.63. The lowest BCUT2D eigenvalue weighted by Crippen LogP contribution is -1.98. The van der Waals surface area contributed by atoms with Gasteiger partial charge in [0.15, 0.2) is 0 Å². The molecule has 0 saturated heterocycles. The fourth-order valence-corrected chi connectivity index (χ4v) is 1.06. The van der Waals surface area contributed by atoms with Crippen LogP contribution in [0.4, 0.5) is 0 Å². The van der Waals surface area contributed by atoms with Gasteiger partial charge in [0.25, 0.3) is 0 Å². The predicted molar refractivity (Wildman–Crippen MR) is 52.5 cm³/mol. The van der Waals surface area contributed by atoms with Crippen molar-refractivity contribution < 1.29 is 4.74 Å². The first-order valence-corrected chi connectivity index (χ1v) is 4.75.